The van der Waals surface area contributed by atoms with Crippen molar-refractivity contribution in [2.24, 2.45) is 0 Å². The van der Waals surface area contributed by atoms with Crippen molar-refractivity contribution < 1.29 is 42.8 Å². The Morgan fingerprint density at radius 3 is 2.23 bits per heavy atom. The number of hydrogen-bond acceptors (Lipinski definition) is 5. The van der Waals surface area contributed by atoms with E-state index in [-0.39, 0.29) is 51.9 Å². The number of carbonyl (C=O) groups excluding carboxylic acids is 1. The molecule has 1 aromatic rings. The predicted octanol–water partition coefficient (Wildman–Crippen LogP) is -1.32. The molecule has 1 heterocycles. The van der Waals surface area contributed by atoms with E-state index in [1.165, 1.54) is 12.1 Å². The number of carbonyl (C=O) groups is 1. The van der Waals surface area contributed by atoms with Gasteiger partial charge in [-0.25, -0.2) is 8.42 Å². The Morgan fingerprint density at radius 2 is 1.81 bits per heavy atom. The molecule has 1 atom stereocenters. The summed E-state index contributed by atoms with van der Waals surface area (Å²) in [6, 6.07) is 6.24. The van der Waals surface area contributed by atoms with E-state index in [1.54, 1.807) is 12.1 Å². The molecule has 0 aliphatic carbocycles. The molecule has 0 saturated carbocycles. The molecule has 1 saturated heterocycles. The zero-order valence-corrected chi connectivity index (χ0v) is 19.5. The van der Waals surface area contributed by atoms with Crippen LogP contribution in [-0.2, 0) is 14.8 Å². The first-order valence-corrected chi connectivity index (χ1v) is 9.74. The number of halogens is 1. The number of aryl methyl sites for hydroxylation is 1. The van der Waals surface area contributed by atoms with Gasteiger partial charge in [0.05, 0.1) is 6.04 Å². The normalized spacial score (nSPS) is 17.3. The average molecular weight is 413 g/mol. The molecule has 1 aliphatic heterocycles. The van der Waals surface area contributed by atoms with Gasteiger partial charge < -0.3 is 20.2 Å². The summed E-state index contributed by atoms with van der Waals surface area (Å²) < 4.78 is 24.8. The zero-order chi connectivity index (χ0) is 19.1. The molecule has 1 fully saturated rings. The van der Waals surface area contributed by atoms with Crippen LogP contribution in [0.5, 0.6) is 0 Å². The van der Waals surface area contributed by atoms with Crippen molar-refractivity contribution in [3.8, 4) is 0 Å². The van der Waals surface area contributed by atoms with Crippen LogP contribution in [0.25, 0.3) is 4.24 Å². The Balaban J connectivity index is 0.000000464. The molecule has 1 amide bonds. The topological polar surface area (TPSA) is 101 Å². The summed E-state index contributed by atoms with van der Waals surface area (Å²) in [7, 11) is -3.62. The van der Waals surface area contributed by atoms with Crippen LogP contribution in [0, 0.1) is 6.92 Å². The smallest absolute Gasteiger partial charge is 0.458 e. The van der Waals surface area contributed by atoms with Gasteiger partial charge in [-0.05, 0) is 39.8 Å². The number of nitrogens with one attached hydrogen (secondary N) is 3. The number of hydrogen-bond donors (Lipinski definition) is 3. The minimum atomic E-state index is -3.62. The van der Waals surface area contributed by atoms with E-state index in [2.05, 4.69) is 20.2 Å². The molecule has 0 aromatic heterocycles. The van der Waals surface area contributed by atoms with Gasteiger partial charge in [-0.2, -0.15) is 0 Å². The molecule has 1 aromatic carbocycles. The molecule has 10 heteroatoms. The summed E-state index contributed by atoms with van der Waals surface area (Å²) in [5.74, 6) is 0.0831. The standard InChI is InChI=1S/C9H19N3O.C7H7ClNO2S.Na/c1-9(2,3)12-8(13)7-6-10-4-5-11-7;1-6-2-4-7(5-3-6)12(10,11)9-8;/h7,10-11H,4-6H2,1-3H3,(H,12,13);2-5H,1H3;/q;-1;+1. The van der Waals surface area contributed by atoms with Gasteiger partial charge >= 0.3 is 29.6 Å². The van der Waals surface area contributed by atoms with Gasteiger partial charge in [-0.15, -0.1) is 0 Å². The van der Waals surface area contributed by atoms with Crippen molar-refractivity contribution in [1.82, 2.24) is 16.0 Å². The Morgan fingerprint density at radius 1 is 1.23 bits per heavy atom. The molecular formula is C16H26ClN4NaO3S. The van der Waals surface area contributed by atoms with E-state index in [0.29, 0.717) is 0 Å². The molecular weight excluding hydrogens is 387 g/mol. The van der Waals surface area contributed by atoms with E-state index in [9.17, 15) is 13.2 Å². The summed E-state index contributed by atoms with van der Waals surface area (Å²) in [5, 5.41) is 9.29. The summed E-state index contributed by atoms with van der Waals surface area (Å²) in [5.41, 5.74) is 0.847. The molecule has 1 aliphatic rings. The monoisotopic (exact) mass is 412 g/mol. The van der Waals surface area contributed by atoms with Crippen LogP contribution in [-0.4, -0.2) is 45.5 Å². The van der Waals surface area contributed by atoms with Crippen molar-refractivity contribution in [3.63, 3.8) is 0 Å². The third-order valence-corrected chi connectivity index (χ3v) is 4.86. The predicted molar refractivity (Wildman–Crippen MR) is 100 cm³/mol. The SMILES string of the molecule is CC(C)(C)NC(=O)C1CNCCN1.Cc1ccc(S(=O)(=O)[N-]Cl)cc1.[Na+]. The molecule has 1 unspecified atom stereocenters. The molecule has 0 bridgehead atoms. The zero-order valence-electron chi connectivity index (χ0n) is 16.0. The second-order valence-corrected chi connectivity index (χ2v) is 8.78. The van der Waals surface area contributed by atoms with E-state index in [4.69, 9.17) is 11.8 Å². The number of nitrogens with zero attached hydrogens (tertiary/aromatic N) is 1. The maximum absolute atomic E-state index is 11.6. The van der Waals surface area contributed by atoms with Crippen LogP contribution in [0.1, 0.15) is 26.3 Å². The number of rotatable bonds is 3. The summed E-state index contributed by atoms with van der Waals surface area (Å²) in [6.07, 6.45) is 0. The second-order valence-electron chi connectivity index (χ2n) is 6.81. The van der Waals surface area contributed by atoms with Crippen LogP contribution in [0.4, 0.5) is 0 Å². The van der Waals surface area contributed by atoms with Crippen molar-refractivity contribution in [1.29, 1.82) is 0 Å². The van der Waals surface area contributed by atoms with Crippen molar-refractivity contribution in [2.75, 3.05) is 19.6 Å². The first-order valence-electron chi connectivity index (χ1n) is 7.96. The molecule has 26 heavy (non-hydrogen) atoms. The van der Waals surface area contributed by atoms with Gasteiger partial charge in [-0.1, -0.05) is 17.7 Å². The van der Waals surface area contributed by atoms with E-state index < -0.39 is 10.0 Å². The van der Waals surface area contributed by atoms with Crippen molar-refractivity contribution >= 4 is 27.7 Å². The molecule has 3 N–H and O–H groups in total. The van der Waals surface area contributed by atoms with Gasteiger partial charge in [-0.3, -0.25) is 16.6 Å². The van der Waals surface area contributed by atoms with Crippen molar-refractivity contribution in [2.45, 2.75) is 44.2 Å². The molecule has 7 nitrogen and oxygen atoms in total. The first kappa shape index (κ1) is 25.8. The van der Waals surface area contributed by atoms with Gasteiger partial charge in [0.1, 0.15) is 10.0 Å². The Bertz CT molecular complexity index is 657. The molecule has 142 valence electrons. The minimum absolute atomic E-state index is 0. The fourth-order valence-corrected chi connectivity index (χ4v) is 2.84. The maximum atomic E-state index is 11.6. The third kappa shape index (κ3) is 9.66. The fraction of sp³-hybridized carbons (Fsp3) is 0.562. The van der Waals surface area contributed by atoms with E-state index in [1.807, 2.05) is 27.7 Å². The van der Waals surface area contributed by atoms with Gasteiger partial charge in [0.25, 0.3) is 0 Å². The number of sulfonamides is 1. The Kier molecular flexibility index (Phi) is 11.5. The largest absolute Gasteiger partial charge is 1.00 e. The number of piperazine rings is 1. The number of amides is 1. The first-order chi connectivity index (χ1) is 11.5. The average Bonchev–Trinajstić information content (AvgIpc) is 2.55. The molecule has 0 radical (unpaired) electrons. The summed E-state index contributed by atoms with van der Waals surface area (Å²) >= 11 is 4.90. The Hall–Kier alpha value is -0.190. The number of benzene rings is 1. The van der Waals surface area contributed by atoms with Crippen molar-refractivity contribution in [3.05, 3.63) is 34.1 Å². The van der Waals surface area contributed by atoms with Crippen LogP contribution < -0.4 is 45.5 Å². The molecule has 2 rings (SSSR count). The van der Waals surface area contributed by atoms with Crippen LogP contribution in [0.2, 0.25) is 0 Å². The van der Waals surface area contributed by atoms with Crippen LogP contribution in [0.15, 0.2) is 29.2 Å². The maximum Gasteiger partial charge on any atom is 1.00 e. The fourth-order valence-electron chi connectivity index (χ4n) is 2.05. The van der Waals surface area contributed by atoms with Gasteiger partial charge in [0, 0.05) is 30.1 Å². The van der Waals surface area contributed by atoms with Crippen LogP contribution >= 0.6 is 11.8 Å². The quantitative estimate of drug-likeness (QED) is 0.534. The second kappa shape index (κ2) is 11.6. The van der Waals surface area contributed by atoms with Crippen LogP contribution in [0.3, 0.4) is 0 Å². The van der Waals surface area contributed by atoms with E-state index in [0.717, 1.165) is 25.2 Å². The van der Waals surface area contributed by atoms with E-state index >= 15 is 0 Å². The summed E-state index contributed by atoms with van der Waals surface area (Å²) in [6.45, 7) is 10.4. The Labute approximate surface area is 183 Å². The van der Waals surface area contributed by atoms with Gasteiger partial charge in [0.15, 0.2) is 0 Å². The van der Waals surface area contributed by atoms with Gasteiger partial charge in [0.2, 0.25) is 5.91 Å². The summed E-state index contributed by atoms with van der Waals surface area (Å²) in [4.78, 5) is 11.7. The molecule has 0 spiro atoms. The minimum Gasteiger partial charge on any atom is -0.458 e. The third-order valence-electron chi connectivity index (χ3n) is 3.27.